The molecule has 0 rings (SSSR count). The Labute approximate surface area is 193 Å². The number of carbonyl (C=O) groups excluding carboxylic acids is 3. The van der Waals surface area contributed by atoms with Crippen molar-refractivity contribution in [3.05, 3.63) is 0 Å². The number of nitrogens with one attached hydrogen (secondary N) is 3. The number of carbonyl (C=O) groups is 4. The first-order valence-corrected chi connectivity index (χ1v) is 11.3. The number of hydrogen-bond acceptors (Lipinski definition) is 9. The van der Waals surface area contributed by atoms with Gasteiger partial charge >= 0.3 is 5.97 Å². The number of aliphatic carboxylic acids is 1. The van der Waals surface area contributed by atoms with Crippen LogP contribution in [0.2, 0.25) is 0 Å². The van der Waals surface area contributed by atoms with Crippen LogP contribution in [-0.4, -0.2) is 83.0 Å². The average molecular weight is 479 g/mol. The fraction of sp³-hybridized carbons (Fsp3) is 0.789. The average Bonchev–Trinajstić information content (AvgIpc) is 2.74. The molecule has 0 aromatic carbocycles. The van der Waals surface area contributed by atoms with Crippen molar-refractivity contribution in [1.82, 2.24) is 16.0 Å². The Morgan fingerprint density at radius 1 is 0.844 bits per heavy atom. The number of hydrogen-bond donors (Lipinski definition) is 9. The van der Waals surface area contributed by atoms with Gasteiger partial charge in [-0.15, -0.1) is 0 Å². The Morgan fingerprint density at radius 3 is 1.84 bits per heavy atom. The standard InChI is InChI=1S/C19H38N6O6S/c1-11(26)15(18(29)24-14(10-32)19(30)31)25-17(28)13(7-3-5-9-21)23-16(27)12(22)6-2-4-8-20/h11-15,26,32H,2-10,20-22H2,1H3,(H,23,27)(H,24,29)(H,25,28)(H,30,31). The number of aliphatic hydroxyl groups is 1. The van der Waals surface area contributed by atoms with Gasteiger partial charge in [0, 0.05) is 5.75 Å². The van der Waals surface area contributed by atoms with Crippen LogP contribution in [0.15, 0.2) is 0 Å². The summed E-state index contributed by atoms with van der Waals surface area (Å²) in [7, 11) is 0. The molecule has 0 aliphatic rings. The molecule has 0 aliphatic carbocycles. The lowest BCUT2D eigenvalue weighted by Crippen LogP contribution is -2.60. The second-order valence-corrected chi connectivity index (χ2v) is 7.91. The smallest absolute Gasteiger partial charge is 0.327 e. The third-order valence-electron chi connectivity index (χ3n) is 4.75. The van der Waals surface area contributed by atoms with Crippen molar-refractivity contribution in [3.8, 4) is 0 Å². The van der Waals surface area contributed by atoms with Gasteiger partial charge in [-0.25, -0.2) is 4.79 Å². The van der Waals surface area contributed by atoms with E-state index in [1.165, 1.54) is 6.92 Å². The number of nitrogens with two attached hydrogens (primary N) is 3. The molecule has 0 fully saturated rings. The highest BCUT2D eigenvalue weighted by molar-refractivity contribution is 7.80. The molecule has 3 amide bonds. The van der Waals surface area contributed by atoms with Crippen LogP contribution < -0.4 is 33.2 Å². The molecule has 0 radical (unpaired) electrons. The number of aliphatic hydroxyl groups excluding tert-OH is 1. The van der Waals surface area contributed by atoms with Crippen LogP contribution in [0.5, 0.6) is 0 Å². The van der Waals surface area contributed by atoms with Gasteiger partial charge in [-0.3, -0.25) is 14.4 Å². The first-order valence-electron chi connectivity index (χ1n) is 10.7. The van der Waals surface area contributed by atoms with Gasteiger partial charge in [-0.05, 0) is 52.1 Å². The Balaban J connectivity index is 5.26. The van der Waals surface area contributed by atoms with E-state index in [1.807, 2.05) is 0 Å². The topological polar surface area (TPSA) is 223 Å². The Hall–Kier alpha value is -1.93. The van der Waals surface area contributed by atoms with Crippen molar-refractivity contribution in [2.24, 2.45) is 17.2 Å². The van der Waals surface area contributed by atoms with Crippen LogP contribution in [0.3, 0.4) is 0 Å². The molecule has 0 aromatic heterocycles. The Bertz CT molecular complexity index is 609. The van der Waals surface area contributed by atoms with E-state index in [0.717, 1.165) is 6.42 Å². The van der Waals surface area contributed by atoms with E-state index in [4.69, 9.17) is 22.3 Å². The molecule has 32 heavy (non-hydrogen) atoms. The second kappa shape index (κ2) is 16.7. The summed E-state index contributed by atoms with van der Waals surface area (Å²) in [5.41, 5.74) is 16.8. The predicted molar refractivity (Wildman–Crippen MR) is 123 cm³/mol. The molecular weight excluding hydrogens is 440 g/mol. The lowest BCUT2D eigenvalue weighted by molar-refractivity contribution is -0.142. The number of thiol groups is 1. The normalized spacial score (nSPS) is 15.7. The van der Waals surface area contributed by atoms with Gasteiger partial charge in [-0.1, -0.05) is 6.42 Å². The third-order valence-corrected chi connectivity index (χ3v) is 5.11. The van der Waals surface area contributed by atoms with Gasteiger partial charge in [0.2, 0.25) is 17.7 Å². The van der Waals surface area contributed by atoms with Crippen molar-refractivity contribution in [1.29, 1.82) is 0 Å². The molecule has 0 saturated carbocycles. The molecule has 11 N–H and O–H groups in total. The van der Waals surface area contributed by atoms with E-state index in [2.05, 4.69) is 28.6 Å². The minimum Gasteiger partial charge on any atom is -0.480 e. The molecular formula is C19H38N6O6S. The van der Waals surface area contributed by atoms with Crippen molar-refractivity contribution in [2.75, 3.05) is 18.8 Å². The summed E-state index contributed by atoms with van der Waals surface area (Å²) in [6.45, 7) is 2.16. The minimum absolute atomic E-state index is 0.179. The first-order chi connectivity index (χ1) is 15.1. The van der Waals surface area contributed by atoms with Gasteiger partial charge in [-0.2, -0.15) is 12.6 Å². The lowest BCUT2D eigenvalue weighted by atomic mass is 10.0. The number of rotatable bonds is 17. The molecule has 12 nitrogen and oxygen atoms in total. The van der Waals surface area contributed by atoms with Crippen molar-refractivity contribution in [2.45, 2.75) is 75.7 Å². The zero-order valence-electron chi connectivity index (χ0n) is 18.5. The monoisotopic (exact) mass is 478 g/mol. The van der Waals surface area contributed by atoms with Crippen LogP contribution in [0, 0.1) is 0 Å². The maximum atomic E-state index is 12.8. The van der Waals surface area contributed by atoms with Crippen molar-refractivity contribution >= 4 is 36.3 Å². The fourth-order valence-electron chi connectivity index (χ4n) is 2.79. The highest BCUT2D eigenvalue weighted by atomic mass is 32.1. The van der Waals surface area contributed by atoms with E-state index < -0.39 is 54.0 Å². The van der Waals surface area contributed by atoms with E-state index in [0.29, 0.717) is 38.8 Å². The third kappa shape index (κ3) is 11.6. The zero-order chi connectivity index (χ0) is 24.7. The maximum absolute atomic E-state index is 12.8. The van der Waals surface area contributed by atoms with Crippen LogP contribution in [0.1, 0.15) is 45.4 Å². The van der Waals surface area contributed by atoms with Crippen LogP contribution in [0.25, 0.3) is 0 Å². The summed E-state index contributed by atoms with van der Waals surface area (Å²) >= 11 is 3.87. The second-order valence-electron chi connectivity index (χ2n) is 7.55. The quantitative estimate of drug-likeness (QED) is 0.0789. The molecule has 0 aromatic rings. The van der Waals surface area contributed by atoms with E-state index in [9.17, 15) is 24.3 Å². The maximum Gasteiger partial charge on any atom is 0.327 e. The summed E-state index contributed by atoms with van der Waals surface area (Å²) in [6, 6.07) is -4.57. The molecule has 0 saturated heterocycles. The van der Waals surface area contributed by atoms with Gasteiger partial charge in [0.15, 0.2) is 0 Å². The molecule has 13 heteroatoms. The summed E-state index contributed by atoms with van der Waals surface area (Å²) in [5.74, 6) is -3.60. The van der Waals surface area contributed by atoms with E-state index >= 15 is 0 Å². The highest BCUT2D eigenvalue weighted by Crippen LogP contribution is 2.06. The molecule has 0 heterocycles. The molecule has 0 spiro atoms. The largest absolute Gasteiger partial charge is 0.480 e. The van der Waals surface area contributed by atoms with Crippen LogP contribution >= 0.6 is 12.6 Å². The van der Waals surface area contributed by atoms with Crippen molar-refractivity contribution in [3.63, 3.8) is 0 Å². The van der Waals surface area contributed by atoms with Gasteiger partial charge in [0.25, 0.3) is 0 Å². The molecule has 5 unspecified atom stereocenters. The number of carboxylic acids is 1. The minimum atomic E-state index is -1.43. The summed E-state index contributed by atoms with van der Waals surface area (Å²) < 4.78 is 0. The first kappa shape index (κ1) is 30.1. The molecule has 5 atom stereocenters. The van der Waals surface area contributed by atoms with Gasteiger partial charge < -0.3 is 43.4 Å². The highest BCUT2D eigenvalue weighted by Gasteiger charge is 2.32. The zero-order valence-corrected chi connectivity index (χ0v) is 19.4. The SMILES string of the molecule is CC(O)C(NC(=O)C(CCCCN)NC(=O)C(N)CCCCN)C(=O)NC(CS)C(=O)O. The summed E-state index contributed by atoms with van der Waals surface area (Å²) in [5, 5.41) is 26.2. The van der Waals surface area contributed by atoms with E-state index in [-0.39, 0.29) is 12.2 Å². The number of unbranched alkanes of at least 4 members (excludes halogenated alkanes) is 2. The molecule has 186 valence electrons. The van der Waals surface area contributed by atoms with Gasteiger partial charge in [0.05, 0.1) is 12.1 Å². The number of amides is 3. The van der Waals surface area contributed by atoms with Crippen LogP contribution in [0.4, 0.5) is 0 Å². The summed E-state index contributed by atoms with van der Waals surface area (Å²) in [6.07, 6.45) is 1.85. The van der Waals surface area contributed by atoms with Crippen molar-refractivity contribution < 1.29 is 29.4 Å². The molecule has 0 bridgehead atoms. The molecule has 0 aliphatic heterocycles. The van der Waals surface area contributed by atoms with E-state index in [1.54, 1.807) is 0 Å². The number of carboxylic acid groups (broad SMARTS) is 1. The Morgan fingerprint density at radius 2 is 1.38 bits per heavy atom. The summed E-state index contributed by atoms with van der Waals surface area (Å²) in [4.78, 5) is 48.8. The predicted octanol–water partition coefficient (Wildman–Crippen LogP) is -2.58. The van der Waals surface area contributed by atoms with Gasteiger partial charge in [0.1, 0.15) is 18.1 Å². The van der Waals surface area contributed by atoms with Crippen LogP contribution in [-0.2, 0) is 19.2 Å². The fourth-order valence-corrected chi connectivity index (χ4v) is 3.03. The lowest BCUT2D eigenvalue weighted by Gasteiger charge is -2.26. The Kier molecular flexibility index (Phi) is 15.7.